The summed E-state index contributed by atoms with van der Waals surface area (Å²) in [7, 11) is 0. The predicted molar refractivity (Wildman–Crippen MR) is 109 cm³/mol. The molecule has 138 valence electrons. The molecule has 0 N–H and O–H groups in total. The highest BCUT2D eigenvalue weighted by molar-refractivity contribution is 6.30. The molecule has 0 amide bonds. The number of rotatable bonds is 11. The van der Waals surface area contributed by atoms with E-state index in [1.807, 2.05) is 48.5 Å². The summed E-state index contributed by atoms with van der Waals surface area (Å²) in [5.41, 5.74) is 3.89. The number of carbonyl (C=O) groups is 2. The summed E-state index contributed by atoms with van der Waals surface area (Å²) >= 11 is 11.1. The molecule has 0 saturated carbocycles. The van der Waals surface area contributed by atoms with Crippen LogP contribution in [0.15, 0.2) is 48.5 Å². The molecule has 2 aromatic rings. The quantitative estimate of drug-likeness (QED) is 0.273. The van der Waals surface area contributed by atoms with E-state index in [9.17, 15) is 9.59 Å². The zero-order valence-electron chi connectivity index (χ0n) is 14.8. The van der Waals surface area contributed by atoms with Crippen LogP contribution in [0.1, 0.15) is 57.5 Å². The lowest BCUT2D eigenvalue weighted by Gasteiger charge is -2.05. The Morgan fingerprint density at radius 1 is 0.577 bits per heavy atom. The fraction of sp³-hybridized carbons (Fsp3) is 0.364. The zero-order chi connectivity index (χ0) is 18.8. The van der Waals surface area contributed by atoms with Crippen molar-refractivity contribution in [2.45, 2.75) is 38.5 Å². The first-order chi connectivity index (χ1) is 12.6. The van der Waals surface area contributed by atoms with E-state index in [0.717, 1.165) is 25.7 Å². The molecule has 0 bridgehead atoms. The summed E-state index contributed by atoms with van der Waals surface area (Å²) in [6.45, 7) is 0. The predicted octanol–water partition coefficient (Wildman–Crippen LogP) is 5.88. The number of carbonyl (C=O) groups excluding carboxylic acids is 2. The fourth-order valence-electron chi connectivity index (χ4n) is 2.88. The molecule has 2 nitrogen and oxygen atoms in total. The number of unbranched alkanes of at least 4 members (excludes halogenated alkanes) is 3. The van der Waals surface area contributed by atoms with Crippen LogP contribution in [0.2, 0.25) is 0 Å². The maximum atomic E-state index is 11.5. The number of Topliss-reactive ketones (excluding diaryl/α,β-unsaturated/α-hetero) is 2. The van der Waals surface area contributed by atoms with Gasteiger partial charge in [0.25, 0.3) is 0 Å². The van der Waals surface area contributed by atoms with Crippen molar-refractivity contribution < 1.29 is 9.59 Å². The van der Waals surface area contributed by atoms with Crippen LogP contribution in [0.25, 0.3) is 0 Å². The molecule has 26 heavy (non-hydrogen) atoms. The van der Waals surface area contributed by atoms with E-state index >= 15 is 0 Å². The van der Waals surface area contributed by atoms with Gasteiger partial charge < -0.3 is 0 Å². The highest BCUT2D eigenvalue weighted by Crippen LogP contribution is 2.13. The van der Waals surface area contributed by atoms with E-state index in [-0.39, 0.29) is 23.3 Å². The third kappa shape index (κ3) is 6.59. The number of halogens is 2. The monoisotopic (exact) mass is 390 g/mol. The van der Waals surface area contributed by atoms with Gasteiger partial charge in [-0.3, -0.25) is 9.59 Å². The largest absolute Gasteiger partial charge is 0.293 e. The smallest absolute Gasteiger partial charge is 0.177 e. The van der Waals surface area contributed by atoms with Gasteiger partial charge in [-0.2, -0.15) is 0 Å². The Labute approximate surface area is 165 Å². The van der Waals surface area contributed by atoms with Crippen molar-refractivity contribution in [2.75, 3.05) is 11.8 Å². The van der Waals surface area contributed by atoms with Gasteiger partial charge in [0.1, 0.15) is 0 Å². The number of aryl methyl sites for hydroxylation is 2. The van der Waals surface area contributed by atoms with Crippen LogP contribution in [0.4, 0.5) is 0 Å². The van der Waals surface area contributed by atoms with Crippen molar-refractivity contribution in [1.29, 1.82) is 0 Å². The van der Waals surface area contributed by atoms with Crippen LogP contribution >= 0.6 is 23.2 Å². The van der Waals surface area contributed by atoms with Gasteiger partial charge in [-0.15, -0.1) is 23.2 Å². The van der Waals surface area contributed by atoms with Crippen LogP contribution in [-0.4, -0.2) is 23.3 Å². The van der Waals surface area contributed by atoms with Crippen LogP contribution in [0.5, 0.6) is 0 Å². The second kappa shape index (κ2) is 11.2. The van der Waals surface area contributed by atoms with Gasteiger partial charge >= 0.3 is 0 Å². The number of alkyl halides is 2. The summed E-state index contributed by atoms with van der Waals surface area (Å²) < 4.78 is 0. The molecular formula is C22H24Cl2O2. The number of hydrogen-bond acceptors (Lipinski definition) is 2. The van der Waals surface area contributed by atoms with E-state index in [1.165, 1.54) is 24.0 Å². The molecule has 0 fully saturated rings. The van der Waals surface area contributed by atoms with E-state index in [4.69, 9.17) is 23.2 Å². The third-order valence-corrected chi connectivity index (χ3v) is 4.96. The topological polar surface area (TPSA) is 34.1 Å². The molecule has 0 spiro atoms. The first-order valence-corrected chi connectivity index (χ1v) is 10.1. The lowest BCUT2D eigenvalue weighted by molar-refractivity contribution is 0.101. The standard InChI is InChI=1S/C22H24Cl2O2/c23-15-21(25)19-11-7-17(8-12-19)5-3-1-2-4-6-18-9-13-20(14-10-18)22(26)16-24/h7-14H,1-6,15-16H2. The van der Waals surface area contributed by atoms with Crippen LogP contribution in [-0.2, 0) is 12.8 Å². The summed E-state index contributed by atoms with van der Waals surface area (Å²) in [6.07, 6.45) is 6.73. The van der Waals surface area contributed by atoms with Crippen molar-refractivity contribution in [3.63, 3.8) is 0 Å². The minimum Gasteiger partial charge on any atom is -0.293 e. The van der Waals surface area contributed by atoms with Crippen molar-refractivity contribution in [1.82, 2.24) is 0 Å². The molecular weight excluding hydrogens is 367 g/mol. The highest BCUT2D eigenvalue weighted by Gasteiger charge is 2.04. The van der Waals surface area contributed by atoms with E-state index in [0.29, 0.717) is 11.1 Å². The van der Waals surface area contributed by atoms with Gasteiger partial charge in [0.2, 0.25) is 0 Å². The average molecular weight is 391 g/mol. The van der Waals surface area contributed by atoms with Gasteiger partial charge in [0, 0.05) is 11.1 Å². The van der Waals surface area contributed by atoms with Gasteiger partial charge in [0.15, 0.2) is 11.6 Å². The first kappa shape index (κ1) is 20.7. The number of benzene rings is 2. The van der Waals surface area contributed by atoms with Gasteiger partial charge in [0.05, 0.1) is 11.8 Å². The Kier molecular flexibility index (Phi) is 8.87. The molecule has 0 atom stereocenters. The molecule has 0 radical (unpaired) electrons. The maximum Gasteiger partial charge on any atom is 0.177 e. The molecule has 0 aromatic heterocycles. The minimum absolute atomic E-state index is 0.0294. The Bertz CT molecular complexity index is 642. The Morgan fingerprint density at radius 2 is 0.923 bits per heavy atom. The Morgan fingerprint density at radius 3 is 1.23 bits per heavy atom. The molecule has 4 heteroatoms. The van der Waals surface area contributed by atoms with Gasteiger partial charge in [-0.1, -0.05) is 61.4 Å². The fourth-order valence-corrected chi connectivity index (χ4v) is 3.19. The second-order valence-electron chi connectivity index (χ2n) is 6.42. The van der Waals surface area contributed by atoms with Crippen LogP contribution in [0.3, 0.4) is 0 Å². The summed E-state index contributed by atoms with van der Waals surface area (Å²) in [5.74, 6) is 0.00690. The summed E-state index contributed by atoms with van der Waals surface area (Å²) in [5, 5.41) is 0. The molecule has 0 aliphatic carbocycles. The molecule has 0 saturated heterocycles. The number of hydrogen-bond donors (Lipinski definition) is 0. The number of ketones is 2. The van der Waals surface area contributed by atoms with Crippen molar-refractivity contribution in [3.05, 3.63) is 70.8 Å². The van der Waals surface area contributed by atoms with Crippen LogP contribution < -0.4 is 0 Å². The average Bonchev–Trinajstić information content (AvgIpc) is 2.70. The Hall–Kier alpha value is -1.64. The summed E-state index contributed by atoms with van der Waals surface area (Å²) in [4.78, 5) is 23.0. The molecule has 0 unspecified atom stereocenters. The molecule has 2 aromatic carbocycles. The lowest BCUT2D eigenvalue weighted by Crippen LogP contribution is -2.00. The molecule has 0 heterocycles. The minimum atomic E-state index is -0.0294. The van der Waals surface area contributed by atoms with E-state index in [2.05, 4.69) is 0 Å². The lowest BCUT2D eigenvalue weighted by atomic mass is 10.0. The van der Waals surface area contributed by atoms with E-state index in [1.54, 1.807) is 0 Å². The molecule has 0 aliphatic rings. The zero-order valence-corrected chi connectivity index (χ0v) is 16.4. The normalized spacial score (nSPS) is 10.7. The van der Waals surface area contributed by atoms with Crippen LogP contribution in [0, 0.1) is 0 Å². The second-order valence-corrected chi connectivity index (χ2v) is 6.96. The first-order valence-electron chi connectivity index (χ1n) is 9.00. The van der Waals surface area contributed by atoms with Crippen molar-refractivity contribution in [3.8, 4) is 0 Å². The van der Waals surface area contributed by atoms with Crippen molar-refractivity contribution in [2.24, 2.45) is 0 Å². The molecule has 0 aliphatic heterocycles. The van der Waals surface area contributed by atoms with Gasteiger partial charge in [-0.25, -0.2) is 0 Å². The van der Waals surface area contributed by atoms with E-state index < -0.39 is 0 Å². The van der Waals surface area contributed by atoms with Gasteiger partial charge in [-0.05, 0) is 36.8 Å². The Balaban J connectivity index is 1.63. The third-order valence-electron chi connectivity index (χ3n) is 4.48. The maximum absolute atomic E-state index is 11.5. The SMILES string of the molecule is O=C(CCl)c1ccc(CCCCCCc2ccc(C(=O)CCl)cc2)cc1. The van der Waals surface area contributed by atoms with Crippen molar-refractivity contribution >= 4 is 34.8 Å². The highest BCUT2D eigenvalue weighted by atomic mass is 35.5. The molecule has 2 rings (SSSR count). The summed E-state index contributed by atoms with van der Waals surface area (Å²) in [6, 6.07) is 15.5.